The van der Waals surface area contributed by atoms with E-state index in [0.29, 0.717) is 37.8 Å². The van der Waals surface area contributed by atoms with Crippen molar-refractivity contribution in [2.45, 2.75) is 161 Å². The fourth-order valence-corrected chi connectivity index (χ4v) is 8.43. The first-order chi connectivity index (χ1) is 39.9. The highest BCUT2D eigenvalue weighted by molar-refractivity contribution is 5.98. The maximum atomic E-state index is 14.6. The topological polar surface area (TPSA) is 445 Å². The van der Waals surface area contributed by atoms with Gasteiger partial charge in [0.25, 0.3) is 0 Å². The van der Waals surface area contributed by atoms with Gasteiger partial charge in [-0.05, 0) is 93.4 Å². The lowest BCUT2D eigenvalue weighted by Crippen LogP contribution is -2.61. The number of alkyl halides is 3. The molecule has 0 aliphatic heterocycles. The number of carbonyl (C=O) groups is 10. The van der Waals surface area contributed by atoms with Crippen molar-refractivity contribution in [1.29, 1.82) is 0 Å². The molecule has 3 aromatic rings. The number of aromatic nitrogens is 1. The molecule has 0 saturated heterocycles. The smallest absolute Gasteiger partial charge is 0.475 e. The molecule has 1 heterocycles. The molecule has 0 aliphatic carbocycles. The number of carboxylic acids is 1. The Hall–Kier alpha value is -8.34. The zero-order valence-corrected chi connectivity index (χ0v) is 49.1. The van der Waals surface area contributed by atoms with Crippen LogP contribution >= 0.6 is 0 Å². The van der Waals surface area contributed by atoms with Crippen molar-refractivity contribution in [3.05, 3.63) is 71.9 Å². The predicted octanol–water partition coefficient (Wildman–Crippen LogP) is -0.141. The SMILES string of the molecule is CC[C@H](C)[C@H](NC(=O)[C@@H](N)Cc1ccccc1)C(=O)N[C@@H](C)C(=O)N[C@@H](Cc1c[nH]c2ccccc12)C(=O)N[C@@H](CC(C)C)C(=O)N[C@H](C(=O)N[C@@H](CCCCN)C(=O)NCC(=O)N[C@@H](CCCN=C(N)N)C(N)=O)C(C)C.O=C(O)C(F)(F)F. The number of H-pyrrole nitrogens is 1. The summed E-state index contributed by atoms with van der Waals surface area (Å²) < 4.78 is 31.7. The van der Waals surface area contributed by atoms with Crippen LogP contribution < -0.4 is 71.2 Å². The molecular weight excluding hydrogens is 1120 g/mol. The fourth-order valence-electron chi connectivity index (χ4n) is 8.43. The molecule has 20 N–H and O–H groups in total. The summed E-state index contributed by atoms with van der Waals surface area (Å²) in [4.78, 5) is 139. The number of aromatic amines is 1. The number of carboxylic acid groups (broad SMARTS) is 1. The molecule has 9 amide bonds. The standard InChI is InChI=1S/C54H85N15O9.C2HF3O2/c1-8-32(6)45(69-48(73)37(56)26-34-17-10-9-11-18-34)53(78)63-33(7)47(72)66-42(27-35-28-61-38-20-13-12-19-36(35)38)50(75)67-41(25-30(2)3)51(76)68-44(31(4)5)52(77)65-40(21-14-15-23-55)49(74)62-29-43(70)64-39(46(57)71)22-16-24-60-54(58)59;3-2(4,5)1(6)7/h9-13,17-20,28,30-33,37,39-42,44-45,61H,8,14-16,21-27,29,55-56H2,1-7H3,(H2,57,71)(H,62,74)(H,63,78)(H,64,70)(H,65,77)(H,66,72)(H,67,75)(H,68,76)(H,69,73)(H4,58,59,60);(H,6,7)/t32-,33-,37-,39-,40-,41-,42-,44-,45-;/m0./s1. The number of nitrogens with zero attached hydrogens (tertiary/aromatic N) is 1. The monoisotopic (exact) mass is 1200 g/mol. The molecule has 0 radical (unpaired) electrons. The number of halogens is 3. The molecule has 2 aromatic carbocycles. The first-order valence-electron chi connectivity index (χ1n) is 28.0. The fraction of sp³-hybridized carbons (Fsp3) is 0.554. The minimum absolute atomic E-state index is 0.0398. The van der Waals surface area contributed by atoms with Crippen LogP contribution in [0.25, 0.3) is 10.9 Å². The van der Waals surface area contributed by atoms with Crippen LogP contribution in [0, 0.1) is 17.8 Å². The number of carbonyl (C=O) groups excluding carboxylic acids is 9. The predicted molar refractivity (Wildman–Crippen MR) is 312 cm³/mol. The third-order valence-corrected chi connectivity index (χ3v) is 13.4. The lowest BCUT2D eigenvalue weighted by Gasteiger charge is -2.29. The summed E-state index contributed by atoms with van der Waals surface area (Å²) in [5.41, 5.74) is 30.4. The van der Waals surface area contributed by atoms with Crippen molar-refractivity contribution in [1.82, 2.24) is 47.5 Å². The van der Waals surface area contributed by atoms with Crippen LogP contribution in [0.15, 0.2) is 65.8 Å². The number of benzene rings is 2. The van der Waals surface area contributed by atoms with Gasteiger partial charge in [-0.3, -0.25) is 48.1 Å². The van der Waals surface area contributed by atoms with E-state index in [4.69, 9.17) is 38.6 Å². The summed E-state index contributed by atoms with van der Waals surface area (Å²) in [6.07, 6.45) is -1.02. The Bertz CT molecular complexity index is 2720. The Balaban J connectivity index is 0.00000330. The van der Waals surface area contributed by atoms with E-state index in [1.807, 2.05) is 75.4 Å². The van der Waals surface area contributed by atoms with Gasteiger partial charge in [0.2, 0.25) is 53.2 Å². The number of hydrogen-bond donors (Lipinski definition) is 15. The Kier molecular flexibility index (Phi) is 31.1. The summed E-state index contributed by atoms with van der Waals surface area (Å²) in [7, 11) is 0. The van der Waals surface area contributed by atoms with E-state index in [1.165, 1.54) is 6.92 Å². The largest absolute Gasteiger partial charge is 0.490 e. The van der Waals surface area contributed by atoms with E-state index >= 15 is 0 Å². The number of fused-ring (bicyclic) bond motifs is 1. The van der Waals surface area contributed by atoms with E-state index in [-0.39, 0.29) is 56.4 Å². The van der Waals surface area contributed by atoms with Crippen molar-refractivity contribution >= 4 is 76.0 Å². The molecule has 3 rings (SSSR count). The minimum Gasteiger partial charge on any atom is -0.475 e. The van der Waals surface area contributed by atoms with Gasteiger partial charge in [-0.2, -0.15) is 13.2 Å². The van der Waals surface area contributed by atoms with Crippen molar-refractivity contribution < 1.29 is 66.2 Å². The number of aliphatic carboxylic acids is 1. The van der Waals surface area contributed by atoms with Crippen molar-refractivity contribution in [2.24, 2.45) is 51.4 Å². The van der Waals surface area contributed by atoms with Gasteiger partial charge in [-0.1, -0.05) is 96.5 Å². The molecule has 29 heteroatoms. The Morgan fingerprint density at radius 2 is 1.20 bits per heavy atom. The summed E-state index contributed by atoms with van der Waals surface area (Å²) in [5.74, 6) is -10.2. The maximum absolute atomic E-state index is 14.6. The molecule has 85 heavy (non-hydrogen) atoms. The lowest BCUT2D eigenvalue weighted by molar-refractivity contribution is -0.192. The highest BCUT2D eigenvalue weighted by Crippen LogP contribution is 2.20. The number of nitrogens with two attached hydrogens (primary N) is 5. The zero-order chi connectivity index (χ0) is 64.1. The van der Waals surface area contributed by atoms with Crippen LogP contribution in [0.4, 0.5) is 13.2 Å². The molecule has 0 fully saturated rings. The van der Waals surface area contributed by atoms with E-state index in [1.54, 1.807) is 27.0 Å². The first kappa shape index (κ1) is 72.8. The van der Waals surface area contributed by atoms with Gasteiger partial charge in [-0.15, -0.1) is 0 Å². The summed E-state index contributed by atoms with van der Waals surface area (Å²) >= 11 is 0. The highest BCUT2D eigenvalue weighted by atomic mass is 19.4. The Labute approximate surface area is 492 Å². The molecule has 0 bridgehead atoms. The number of para-hydroxylation sites is 1. The Morgan fingerprint density at radius 1 is 0.635 bits per heavy atom. The summed E-state index contributed by atoms with van der Waals surface area (Å²) in [6, 6.07) is 7.42. The van der Waals surface area contributed by atoms with E-state index in [0.717, 1.165) is 16.5 Å². The molecular formula is C56H86F3N15O11. The van der Waals surface area contributed by atoms with Gasteiger partial charge >= 0.3 is 12.1 Å². The molecule has 9 atom stereocenters. The van der Waals surface area contributed by atoms with Gasteiger partial charge < -0.3 is 81.3 Å². The zero-order valence-electron chi connectivity index (χ0n) is 49.1. The number of nitrogens with one attached hydrogen (secondary N) is 9. The molecule has 0 aliphatic rings. The Morgan fingerprint density at radius 3 is 1.78 bits per heavy atom. The number of unbranched alkanes of at least 4 members (excludes halogenated alkanes) is 1. The highest BCUT2D eigenvalue weighted by Gasteiger charge is 2.39. The summed E-state index contributed by atoms with van der Waals surface area (Å²) in [5, 5.41) is 29.4. The van der Waals surface area contributed by atoms with Crippen LogP contribution in [0.3, 0.4) is 0 Å². The average Bonchev–Trinajstić information content (AvgIpc) is 4.14. The van der Waals surface area contributed by atoms with Crippen LogP contribution in [-0.2, 0) is 60.8 Å². The third kappa shape index (κ3) is 26.4. The quantitative estimate of drug-likeness (QED) is 0.0210. The number of amides is 9. The van der Waals surface area contributed by atoms with Gasteiger partial charge in [0.1, 0.15) is 42.3 Å². The second-order valence-corrected chi connectivity index (χ2v) is 21.3. The average molecular weight is 1200 g/mol. The molecule has 26 nitrogen and oxygen atoms in total. The number of primary amides is 1. The number of guanidine groups is 1. The van der Waals surface area contributed by atoms with Gasteiger partial charge in [0.15, 0.2) is 5.96 Å². The van der Waals surface area contributed by atoms with Crippen molar-refractivity contribution in [3.63, 3.8) is 0 Å². The van der Waals surface area contributed by atoms with E-state index in [2.05, 4.69) is 52.5 Å². The molecule has 0 spiro atoms. The molecule has 1 aromatic heterocycles. The lowest BCUT2D eigenvalue weighted by atomic mass is 9.97. The van der Waals surface area contributed by atoms with Crippen LogP contribution in [0.2, 0.25) is 0 Å². The normalized spacial score (nSPS) is 14.4. The minimum atomic E-state index is -5.08. The second kappa shape index (κ2) is 36.4. The van der Waals surface area contributed by atoms with E-state index in [9.17, 15) is 56.3 Å². The van der Waals surface area contributed by atoms with Gasteiger partial charge in [-0.25, -0.2) is 4.79 Å². The van der Waals surface area contributed by atoms with Crippen LogP contribution in [0.5, 0.6) is 0 Å². The third-order valence-electron chi connectivity index (χ3n) is 13.4. The van der Waals surface area contributed by atoms with Crippen molar-refractivity contribution in [2.75, 3.05) is 19.6 Å². The number of aliphatic imine (C=N–C) groups is 1. The molecule has 0 saturated carbocycles. The number of hydrogen-bond acceptors (Lipinski definition) is 13. The maximum Gasteiger partial charge on any atom is 0.490 e. The summed E-state index contributed by atoms with van der Waals surface area (Å²) in [6.45, 7) is 12.1. The van der Waals surface area contributed by atoms with Crippen molar-refractivity contribution in [3.8, 4) is 0 Å². The van der Waals surface area contributed by atoms with Crippen LogP contribution in [0.1, 0.15) is 105 Å². The van der Waals surface area contributed by atoms with Gasteiger partial charge in [0, 0.05) is 30.1 Å². The molecule has 0 unspecified atom stereocenters. The molecule has 472 valence electrons. The van der Waals surface area contributed by atoms with Gasteiger partial charge in [0.05, 0.1) is 12.6 Å². The first-order valence-corrected chi connectivity index (χ1v) is 28.0. The van der Waals surface area contributed by atoms with E-state index < -0.39 is 126 Å². The van der Waals surface area contributed by atoms with Crippen LogP contribution in [-0.4, -0.2) is 149 Å². The second-order valence-electron chi connectivity index (χ2n) is 21.3. The number of rotatable bonds is 34.